The Bertz CT molecular complexity index is 881. The summed E-state index contributed by atoms with van der Waals surface area (Å²) >= 11 is 0. The van der Waals surface area contributed by atoms with Gasteiger partial charge in [-0.2, -0.15) is 0 Å². The zero-order valence-corrected chi connectivity index (χ0v) is 15.4. The van der Waals surface area contributed by atoms with Gasteiger partial charge in [0.25, 0.3) is 0 Å². The Kier molecular flexibility index (Phi) is 6.88. The number of carbonyl (C=O) groups is 1. The van der Waals surface area contributed by atoms with Crippen molar-refractivity contribution in [3.63, 3.8) is 0 Å². The number of rotatable bonds is 8. The number of carbonyl (C=O) groups excluding carboxylic acids is 1. The number of amides is 1. The van der Waals surface area contributed by atoms with E-state index in [0.29, 0.717) is 18.5 Å². The summed E-state index contributed by atoms with van der Waals surface area (Å²) in [5, 5.41) is 2.76. The van der Waals surface area contributed by atoms with Crippen LogP contribution in [0.3, 0.4) is 0 Å². The van der Waals surface area contributed by atoms with Gasteiger partial charge in [-0.05, 0) is 43.0 Å². The predicted molar refractivity (Wildman–Crippen MR) is 99.2 cm³/mol. The third-order valence-corrected chi connectivity index (χ3v) is 5.02. The van der Waals surface area contributed by atoms with Crippen molar-refractivity contribution >= 4 is 22.0 Å². The van der Waals surface area contributed by atoms with E-state index in [0.717, 1.165) is 5.69 Å². The monoisotopic (exact) mass is 375 g/mol. The van der Waals surface area contributed by atoms with E-state index >= 15 is 0 Å². The molecule has 0 saturated carbocycles. The van der Waals surface area contributed by atoms with Crippen LogP contribution in [-0.4, -0.2) is 40.0 Å². The molecule has 138 valence electrons. The molecule has 1 aromatic heterocycles. The highest BCUT2D eigenvalue weighted by Gasteiger charge is 2.17. The maximum Gasteiger partial charge on any atom is 0.244 e. The van der Waals surface area contributed by atoms with E-state index < -0.39 is 10.0 Å². The molecular formula is C18H21N3O4S. The second-order valence-electron chi connectivity index (χ2n) is 5.31. The number of ether oxygens (including phenoxy) is 1. The van der Waals surface area contributed by atoms with Gasteiger partial charge in [0.2, 0.25) is 15.9 Å². The fourth-order valence-electron chi connectivity index (χ4n) is 2.21. The van der Waals surface area contributed by atoms with Gasteiger partial charge < -0.3 is 10.1 Å². The molecule has 0 bridgehead atoms. The Morgan fingerprint density at radius 2 is 2.08 bits per heavy atom. The van der Waals surface area contributed by atoms with Crippen LogP contribution in [0.25, 0.3) is 6.08 Å². The average Bonchev–Trinajstić information content (AvgIpc) is 2.67. The van der Waals surface area contributed by atoms with Crippen LogP contribution < -0.4 is 14.8 Å². The number of aromatic nitrogens is 1. The van der Waals surface area contributed by atoms with Gasteiger partial charge in [-0.3, -0.25) is 9.78 Å². The van der Waals surface area contributed by atoms with E-state index in [4.69, 9.17) is 4.74 Å². The molecule has 8 heteroatoms. The first-order chi connectivity index (χ1) is 12.5. The number of sulfonamides is 1. The molecule has 1 heterocycles. The van der Waals surface area contributed by atoms with Crippen molar-refractivity contribution in [1.29, 1.82) is 0 Å². The van der Waals surface area contributed by atoms with Crippen molar-refractivity contribution in [2.45, 2.75) is 11.3 Å². The van der Waals surface area contributed by atoms with Gasteiger partial charge in [0, 0.05) is 30.9 Å². The van der Waals surface area contributed by atoms with Gasteiger partial charge in [0.15, 0.2) is 0 Å². The van der Waals surface area contributed by atoms with Crippen LogP contribution in [0.4, 0.5) is 0 Å². The maximum absolute atomic E-state index is 12.0. The maximum atomic E-state index is 12.0. The number of hydrogen-bond acceptors (Lipinski definition) is 5. The number of pyridine rings is 1. The van der Waals surface area contributed by atoms with Crippen molar-refractivity contribution in [3.8, 4) is 5.75 Å². The number of methoxy groups -OCH3 is 1. The Morgan fingerprint density at radius 1 is 1.27 bits per heavy atom. The Hall–Kier alpha value is -2.71. The molecular weight excluding hydrogens is 354 g/mol. The van der Waals surface area contributed by atoms with Crippen molar-refractivity contribution in [3.05, 3.63) is 59.9 Å². The lowest BCUT2D eigenvalue weighted by atomic mass is 10.2. The predicted octanol–water partition coefficient (Wildman–Crippen LogP) is 1.37. The highest BCUT2D eigenvalue weighted by Crippen LogP contribution is 2.25. The van der Waals surface area contributed by atoms with Gasteiger partial charge in [-0.25, -0.2) is 13.1 Å². The molecule has 0 unspecified atom stereocenters. The number of hydrogen-bond donors (Lipinski definition) is 2. The van der Waals surface area contributed by atoms with Gasteiger partial charge in [-0.1, -0.05) is 12.1 Å². The van der Waals surface area contributed by atoms with Crippen LogP contribution in [0, 0.1) is 0 Å². The third-order valence-electron chi connectivity index (χ3n) is 3.58. The van der Waals surface area contributed by atoms with Gasteiger partial charge in [0.05, 0.1) is 7.11 Å². The number of benzene rings is 1. The summed E-state index contributed by atoms with van der Waals surface area (Å²) in [5.74, 6) is -0.0360. The summed E-state index contributed by atoms with van der Waals surface area (Å²) in [6.45, 7) is 0.460. The number of nitrogens with zero attached hydrogens (tertiary/aromatic N) is 1. The Balaban J connectivity index is 2.01. The summed E-state index contributed by atoms with van der Waals surface area (Å²) in [5.41, 5.74) is 1.47. The smallest absolute Gasteiger partial charge is 0.244 e. The Labute approximate surface area is 153 Å². The van der Waals surface area contributed by atoms with E-state index in [9.17, 15) is 13.2 Å². The molecule has 0 fully saturated rings. The van der Waals surface area contributed by atoms with E-state index in [1.165, 1.54) is 26.3 Å². The highest BCUT2D eigenvalue weighted by atomic mass is 32.2. The van der Waals surface area contributed by atoms with E-state index in [-0.39, 0.29) is 16.6 Å². The molecule has 26 heavy (non-hydrogen) atoms. The van der Waals surface area contributed by atoms with Crippen LogP contribution in [0.1, 0.15) is 11.3 Å². The summed E-state index contributed by atoms with van der Waals surface area (Å²) in [7, 11) is -0.940. The lowest BCUT2D eigenvalue weighted by Crippen LogP contribution is -2.23. The molecule has 0 aliphatic rings. The number of nitrogens with one attached hydrogen (secondary N) is 2. The van der Waals surface area contributed by atoms with Gasteiger partial charge >= 0.3 is 0 Å². The fourth-order valence-corrected chi connectivity index (χ4v) is 3.13. The summed E-state index contributed by atoms with van der Waals surface area (Å²) in [4.78, 5) is 16.1. The minimum absolute atomic E-state index is 0.0141. The first-order valence-electron chi connectivity index (χ1n) is 7.93. The van der Waals surface area contributed by atoms with Crippen molar-refractivity contribution in [2.24, 2.45) is 0 Å². The zero-order valence-electron chi connectivity index (χ0n) is 14.6. The molecule has 0 spiro atoms. The SMILES string of the molecule is CNS(=O)(=O)c1cc(/C=C/C(=O)NCCc2ccccn2)ccc1OC. The molecule has 0 radical (unpaired) electrons. The lowest BCUT2D eigenvalue weighted by molar-refractivity contribution is -0.116. The second kappa shape index (κ2) is 9.12. The van der Waals surface area contributed by atoms with E-state index in [1.54, 1.807) is 24.4 Å². The van der Waals surface area contributed by atoms with Crippen LogP contribution in [0.5, 0.6) is 5.75 Å². The largest absolute Gasteiger partial charge is 0.495 e. The van der Waals surface area contributed by atoms with Crippen molar-refractivity contribution in [1.82, 2.24) is 15.0 Å². The van der Waals surface area contributed by atoms with E-state index in [1.807, 2.05) is 18.2 Å². The topological polar surface area (TPSA) is 97.4 Å². The fraction of sp³-hybridized carbons (Fsp3) is 0.222. The molecule has 0 atom stereocenters. The van der Waals surface area contributed by atoms with Crippen LogP contribution in [-0.2, 0) is 21.2 Å². The molecule has 0 aliphatic carbocycles. The minimum Gasteiger partial charge on any atom is -0.495 e. The summed E-state index contributed by atoms with van der Waals surface area (Å²) < 4.78 is 31.4. The second-order valence-corrected chi connectivity index (χ2v) is 7.17. The molecule has 2 aromatic rings. The van der Waals surface area contributed by atoms with E-state index in [2.05, 4.69) is 15.0 Å². The normalized spacial score (nSPS) is 11.5. The molecule has 7 nitrogen and oxygen atoms in total. The zero-order chi connectivity index (χ0) is 19.0. The third kappa shape index (κ3) is 5.40. The summed E-state index contributed by atoms with van der Waals surface area (Å²) in [6.07, 6.45) is 5.24. The van der Waals surface area contributed by atoms with Crippen molar-refractivity contribution < 1.29 is 17.9 Å². The molecule has 1 amide bonds. The minimum atomic E-state index is -3.66. The van der Waals surface area contributed by atoms with Crippen LogP contribution in [0.15, 0.2) is 53.6 Å². The first-order valence-corrected chi connectivity index (χ1v) is 9.42. The quantitative estimate of drug-likeness (QED) is 0.679. The van der Waals surface area contributed by atoms with Crippen LogP contribution in [0.2, 0.25) is 0 Å². The van der Waals surface area contributed by atoms with Gasteiger partial charge in [0.1, 0.15) is 10.6 Å². The Morgan fingerprint density at radius 3 is 2.73 bits per heavy atom. The molecule has 1 aromatic carbocycles. The standard InChI is InChI=1S/C18H21N3O4S/c1-19-26(23,24)17-13-14(6-8-16(17)25-2)7-9-18(22)21-12-10-15-5-3-4-11-20-15/h3-9,11,13,19H,10,12H2,1-2H3,(H,21,22)/b9-7+. The molecule has 2 N–H and O–H groups in total. The molecule has 0 saturated heterocycles. The highest BCUT2D eigenvalue weighted by molar-refractivity contribution is 7.89. The molecule has 2 rings (SSSR count). The first kappa shape index (κ1) is 19.6. The van der Waals surface area contributed by atoms with Crippen LogP contribution >= 0.6 is 0 Å². The summed E-state index contributed by atoms with van der Waals surface area (Å²) in [6, 6.07) is 10.3. The average molecular weight is 375 g/mol. The molecule has 0 aliphatic heterocycles. The lowest BCUT2D eigenvalue weighted by Gasteiger charge is -2.09. The van der Waals surface area contributed by atoms with Gasteiger partial charge in [-0.15, -0.1) is 0 Å². The van der Waals surface area contributed by atoms with Crippen molar-refractivity contribution in [2.75, 3.05) is 20.7 Å².